The summed E-state index contributed by atoms with van der Waals surface area (Å²) < 4.78 is 0. The molecule has 0 spiro atoms. The smallest absolute Gasteiger partial charge is 0.238 e. The van der Waals surface area contributed by atoms with Gasteiger partial charge in [0.2, 0.25) is 5.91 Å². The van der Waals surface area contributed by atoms with Crippen LogP contribution in [0.4, 0.5) is 11.5 Å². The van der Waals surface area contributed by atoms with Crippen molar-refractivity contribution in [3.8, 4) is 0 Å². The van der Waals surface area contributed by atoms with Gasteiger partial charge in [0.25, 0.3) is 0 Å². The van der Waals surface area contributed by atoms with Gasteiger partial charge >= 0.3 is 0 Å². The number of rotatable bonds is 6. The quantitative estimate of drug-likeness (QED) is 0.851. The van der Waals surface area contributed by atoms with Crippen molar-refractivity contribution in [2.24, 2.45) is 0 Å². The van der Waals surface area contributed by atoms with Gasteiger partial charge in [-0.1, -0.05) is 26.0 Å². The van der Waals surface area contributed by atoms with Crippen LogP contribution >= 0.6 is 0 Å². The summed E-state index contributed by atoms with van der Waals surface area (Å²) in [6.07, 6.45) is 3.58. The molecule has 0 saturated carbocycles. The molecule has 144 valence electrons. The van der Waals surface area contributed by atoms with Crippen molar-refractivity contribution in [1.82, 2.24) is 14.9 Å². The van der Waals surface area contributed by atoms with Crippen molar-refractivity contribution in [2.75, 3.05) is 42.9 Å². The summed E-state index contributed by atoms with van der Waals surface area (Å²) in [7, 11) is 0. The van der Waals surface area contributed by atoms with Gasteiger partial charge in [0, 0.05) is 43.1 Å². The lowest BCUT2D eigenvalue weighted by Crippen LogP contribution is -2.49. The number of carbonyl (C=O) groups is 1. The molecular formula is C21H29N5O. The molecule has 1 aromatic heterocycles. The number of anilines is 2. The van der Waals surface area contributed by atoms with Crippen LogP contribution in [0.1, 0.15) is 30.7 Å². The molecule has 1 aromatic carbocycles. The molecule has 1 fully saturated rings. The van der Waals surface area contributed by atoms with Crippen molar-refractivity contribution in [1.29, 1.82) is 0 Å². The fourth-order valence-electron chi connectivity index (χ4n) is 3.52. The van der Waals surface area contributed by atoms with Gasteiger partial charge in [-0.15, -0.1) is 0 Å². The van der Waals surface area contributed by atoms with E-state index in [4.69, 9.17) is 0 Å². The number of hydrogen-bond donors (Lipinski definition) is 1. The van der Waals surface area contributed by atoms with Gasteiger partial charge in [0.1, 0.15) is 12.1 Å². The maximum atomic E-state index is 12.3. The summed E-state index contributed by atoms with van der Waals surface area (Å²) in [5.74, 6) is 1.09. The minimum Gasteiger partial charge on any atom is -0.354 e. The van der Waals surface area contributed by atoms with Crippen molar-refractivity contribution in [2.45, 2.75) is 33.6 Å². The molecule has 6 heteroatoms. The van der Waals surface area contributed by atoms with Gasteiger partial charge in [-0.25, -0.2) is 9.97 Å². The van der Waals surface area contributed by atoms with E-state index in [2.05, 4.69) is 51.1 Å². The van der Waals surface area contributed by atoms with E-state index in [-0.39, 0.29) is 5.91 Å². The SMILES string of the molecule is CCc1ccc(NC(=O)CN2CCN(c3ncnc(C)c3CC)CC2)cc1. The second-order valence-corrected chi connectivity index (χ2v) is 6.98. The third-order valence-electron chi connectivity index (χ3n) is 5.18. The van der Waals surface area contributed by atoms with Crippen LogP contribution in [-0.2, 0) is 17.6 Å². The van der Waals surface area contributed by atoms with E-state index in [1.807, 2.05) is 19.1 Å². The number of nitrogens with one attached hydrogen (secondary N) is 1. The van der Waals surface area contributed by atoms with Crippen LogP contribution in [0.3, 0.4) is 0 Å². The molecule has 1 aliphatic rings. The number of nitrogens with zero attached hydrogens (tertiary/aromatic N) is 4. The van der Waals surface area contributed by atoms with Crippen molar-refractivity contribution in [3.63, 3.8) is 0 Å². The van der Waals surface area contributed by atoms with Gasteiger partial charge in [0.15, 0.2) is 0 Å². The van der Waals surface area contributed by atoms with Crippen LogP contribution in [0.15, 0.2) is 30.6 Å². The summed E-state index contributed by atoms with van der Waals surface area (Å²) in [4.78, 5) is 25.7. The fraction of sp³-hybridized carbons (Fsp3) is 0.476. The minimum absolute atomic E-state index is 0.0415. The van der Waals surface area contributed by atoms with Crippen molar-refractivity contribution < 1.29 is 4.79 Å². The number of amides is 1. The topological polar surface area (TPSA) is 61.4 Å². The normalized spacial score (nSPS) is 15.0. The predicted molar refractivity (Wildman–Crippen MR) is 109 cm³/mol. The van der Waals surface area contributed by atoms with E-state index in [0.29, 0.717) is 6.54 Å². The van der Waals surface area contributed by atoms with Crippen LogP contribution in [-0.4, -0.2) is 53.5 Å². The number of aromatic nitrogens is 2. The number of piperazine rings is 1. The Bertz CT molecular complexity index is 767. The highest BCUT2D eigenvalue weighted by molar-refractivity contribution is 5.92. The van der Waals surface area contributed by atoms with Crippen molar-refractivity contribution in [3.05, 3.63) is 47.4 Å². The first kappa shape index (κ1) is 19.3. The molecule has 0 bridgehead atoms. The van der Waals surface area contributed by atoms with E-state index < -0.39 is 0 Å². The molecule has 1 N–H and O–H groups in total. The first-order valence-corrected chi connectivity index (χ1v) is 9.77. The highest BCUT2D eigenvalue weighted by atomic mass is 16.2. The zero-order chi connectivity index (χ0) is 19.2. The average molecular weight is 367 g/mol. The standard InChI is InChI=1S/C21H29N5O/c1-4-17-6-8-18(9-7-17)24-20(27)14-25-10-12-26(13-11-25)21-19(5-2)16(3)22-15-23-21/h6-9,15H,4-5,10-14H2,1-3H3,(H,24,27). The Morgan fingerprint density at radius 2 is 1.74 bits per heavy atom. The molecule has 1 saturated heterocycles. The lowest BCUT2D eigenvalue weighted by molar-refractivity contribution is -0.117. The number of aryl methyl sites for hydroxylation is 2. The second kappa shape index (κ2) is 8.95. The Labute approximate surface area is 161 Å². The van der Waals surface area contributed by atoms with Gasteiger partial charge in [-0.3, -0.25) is 9.69 Å². The Balaban J connectivity index is 1.52. The molecular weight excluding hydrogens is 338 g/mol. The fourth-order valence-corrected chi connectivity index (χ4v) is 3.52. The first-order valence-electron chi connectivity index (χ1n) is 9.77. The van der Waals surface area contributed by atoms with Gasteiger partial charge in [-0.2, -0.15) is 0 Å². The molecule has 2 heterocycles. The Kier molecular flexibility index (Phi) is 6.40. The lowest BCUT2D eigenvalue weighted by atomic mass is 10.1. The van der Waals surface area contributed by atoms with Gasteiger partial charge in [0.05, 0.1) is 6.54 Å². The molecule has 1 aliphatic heterocycles. The van der Waals surface area contributed by atoms with E-state index in [1.165, 1.54) is 11.1 Å². The maximum absolute atomic E-state index is 12.3. The van der Waals surface area contributed by atoms with E-state index in [0.717, 1.165) is 56.2 Å². The van der Waals surface area contributed by atoms with E-state index in [1.54, 1.807) is 6.33 Å². The summed E-state index contributed by atoms with van der Waals surface area (Å²) in [5, 5.41) is 2.99. The molecule has 0 aliphatic carbocycles. The number of benzene rings is 1. The molecule has 1 amide bonds. The second-order valence-electron chi connectivity index (χ2n) is 6.98. The van der Waals surface area contributed by atoms with Crippen LogP contribution < -0.4 is 10.2 Å². The molecule has 6 nitrogen and oxygen atoms in total. The molecule has 0 unspecified atom stereocenters. The van der Waals surface area contributed by atoms with Crippen LogP contribution in [0, 0.1) is 6.92 Å². The molecule has 0 atom stereocenters. The minimum atomic E-state index is 0.0415. The van der Waals surface area contributed by atoms with E-state index >= 15 is 0 Å². The Hall–Kier alpha value is -2.47. The van der Waals surface area contributed by atoms with Crippen LogP contribution in [0.2, 0.25) is 0 Å². The molecule has 3 rings (SSSR count). The van der Waals surface area contributed by atoms with Crippen LogP contribution in [0.5, 0.6) is 0 Å². The summed E-state index contributed by atoms with van der Waals surface area (Å²) in [6, 6.07) is 8.06. The highest BCUT2D eigenvalue weighted by Crippen LogP contribution is 2.21. The van der Waals surface area contributed by atoms with Gasteiger partial charge in [-0.05, 0) is 37.5 Å². The highest BCUT2D eigenvalue weighted by Gasteiger charge is 2.22. The third-order valence-corrected chi connectivity index (χ3v) is 5.18. The number of hydrogen-bond acceptors (Lipinski definition) is 5. The zero-order valence-electron chi connectivity index (χ0n) is 16.5. The maximum Gasteiger partial charge on any atom is 0.238 e. The summed E-state index contributed by atoms with van der Waals surface area (Å²) in [6.45, 7) is 10.2. The summed E-state index contributed by atoms with van der Waals surface area (Å²) in [5.41, 5.74) is 4.41. The summed E-state index contributed by atoms with van der Waals surface area (Å²) >= 11 is 0. The zero-order valence-corrected chi connectivity index (χ0v) is 16.5. The van der Waals surface area contributed by atoms with Crippen molar-refractivity contribution >= 4 is 17.4 Å². The third kappa shape index (κ3) is 4.83. The van der Waals surface area contributed by atoms with Crippen LogP contribution in [0.25, 0.3) is 0 Å². The largest absolute Gasteiger partial charge is 0.354 e. The van der Waals surface area contributed by atoms with E-state index in [9.17, 15) is 4.79 Å². The monoisotopic (exact) mass is 367 g/mol. The lowest BCUT2D eigenvalue weighted by Gasteiger charge is -2.35. The molecule has 2 aromatic rings. The predicted octanol–water partition coefficient (Wildman–Crippen LogP) is 2.67. The number of carbonyl (C=O) groups excluding carboxylic acids is 1. The van der Waals surface area contributed by atoms with Gasteiger partial charge < -0.3 is 10.2 Å². The average Bonchev–Trinajstić information content (AvgIpc) is 2.69. The first-order chi connectivity index (χ1) is 13.1. The Morgan fingerprint density at radius 1 is 1.04 bits per heavy atom. The molecule has 27 heavy (non-hydrogen) atoms. The molecule has 0 radical (unpaired) electrons. The Morgan fingerprint density at radius 3 is 2.37 bits per heavy atom.